The van der Waals surface area contributed by atoms with E-state index in [2.05, 4.69) is 5.32 Å². The molecule has 0 aromatic carbocycles. The van der Waals surface area contributed by atoms with Gasteiger partial charge in [0.25, 0.3) is 0 Å². The summed E-state index contributed by atoms with van der Waals surface area (Å²) >= 11 is 0. The van der Waals surface area contributed by atoms with Crippen molar-refractivity contribution < 1.29 is 29.6 Å². The van der Waals surface area contributed by atoms with Gasteiger partial charge in [0.1, 0.15) is 18.3 Å². The van der Waals surface area contributed by atoms with Crippen molar-refractivity contribution in [2.24, 2.45) is 5.92 Å². The van der Waals surface area contributed by atoms with Crippen molar-refractivity contribution in [1.82, 2.24) is 5.32 Å². The molecule has 0 aromatic rings. The summed E-state index contributed by atoms with van der Waals surface area (Å²) in [4.78, 5) is 11.9. The van der Waals surface area contributed by atoms with Crippen LogP contribution in [0.25, 0.3) is 0 Å². The molecule has 0 radical (unpaired) electrons. The summed E-state index contributed by atoms with van der Waals surface area (Å²) < 4.78 is 10.7. The minimum Gasteiger partial charge on any atom is -0.394 e. The molecular weight excluding hydrogens is 278 g/mol. The van der Waals surface area contributed by atoms with Gasteiger partial charge in [-0.05, 0) is 13.3 Å². The van der Waals surface area contributed by atoms with Gasteiger partial charge in [-0.15, -0.1) is 0 Å². The predicted molar refractivity (Wildman–Crippen MR) is 75.4 cm³/mol. The van der Waals surface area contributed by atoms with E-state index < -0.39 is 43.2 Å². The fourth-order valence-electron chi connectivity index (χ4n) is 2.25. The summed E-state index contributed by atoms with van der Waals surface area (Å²) in [5.41, 5.74) is 0. The van der Waals surface area contributed by atoms with E-state index in [9.17, 15) is 15.0 Å². The maximum absolute atomic E-state index is 11.9. The summed E-state index contributed by atoms with van der Waals surface area (Å²) in [5.74, 6) is -0.766. The molecule has 7 heteroatoms. The molecule has 3 unspecified atom stereocenters. The Balaban J connectivity index is 2.58. The van der Waals surface area contributed by atoms with Crippen LogP contribution in [0.1, 0.15) is 33.6 Å². The Bertz CT molecular complexity index is 327. The number of nitrogens with one attached hydrogen (secondary N) is 1. The molecule has 21 heavy (non-hydrogen) atoms. The zero-order valence-corrected chi connectivity index (χ0v) is 12.9. The lowest BCUT2D eigenvalue weighted by Gasteiger charge is -2.41. The lowest BCUT2D eigenvalue weighted by molar-refractivity contribution is -0.278. The molecule has 1 fully saturated rings. The highest BCUT2D eigenvalue weighted by Gasteiger charge is 2.44. The van der Waals surface area contributed by atoms with E-state index >= 15 is 0 Å². The van der Waals surface area contributed by atoms with E-state index in [-0.39, 0.29) is 5.91 Å². The van der Waals surface area contributed by atoms with Crippen LogP contribution in [0.5, 0.6) is 0 Å². The minimum atomic E-state index is -1.15. The predicted octanol–water partition coefficient (Wildman–Crippen LogP) is -0.617. The summed E-state index contributed by atoms with van der Waals surface area (Å²) in [6, 6.07) is 0. The fourth-order valence-corrected chi connectivity index (χ4v) is 2.25. The maximum Gasteiger partial charge on any atom is 0.248 e. The molecule has 1 aliphatic rings. The monoisotopic (exact) mass is 305 g/mol. The molecule has 0 saturated carbocycles. The Morgan fingerprint density at radius 2 is 2.10 bits per heavy atom. The Hall–Kier alpha value is -0.730. The van der Waals surface area contributed by atoms with Crippen molar-refractivity contribution in [3.05, 3.63) is 0 Å². The average Bonchev–Trinajstić information content (AvgIpc) is 2.47. The van der Waals surface area contributed by atoms with Crippen molar-refractivity contribution in [1.29, 1.82) is 0 Å². The van der Waals surface area contributed by atoms with Crippen molar-refractivity contribution in [2.75, 3.05) is 13.2 Å². The second-order valence-corrected chi connectivity index (χ2v) is 5.48. The third-order valence-electron chi connectivity index (χ3n) is 3.74. The summed E-state index contributed by atoms with van der Waals surface area (Å²) in [7, 11) is 0. The quantitative estimate of drug-likeness (QED) is 0.467. The van der Waals surface area contributed by atoms with E-state index in [4.69, 9.17) is 14.6 Å². The Morgan fingerprint density at radius 1 is 1.43 bits per heavy atom. The van der Waals surface area contributed by atoms with E-state index in [1.165, 1.54) is 0 Å². The van der Waals surface area contributed by atoms with Gasteiger partial charge in [0.15, 0.2) is 6.29 Å². The normalized spacial score (nSPS) is 34.5. The van der Waals surface area contributed by atoms with Crippen LogP contribution in [0.2, 0.25) is 0 Å². The summed E-state index contributed by atoms with van der Waals surface area (Å²) in [6.45, 7) is 5.44. The SMILES string of the molecule is CCCCNC(=O)[C@@H](C)O[C@H]1C(O)C(CO)OC(O)[C@H]1C. The van der Waals surface area contributed by atoms with Crippen molar-refractivity contribution >= 4 is 5.91 Å². The van der Waals surface area contributed by atoms with E-state index in [0.29, 0.717) is 6.54 Å². The zero-order valence-electron chi connectivity index (χ0n) is 12.9. The largest absolute Gasteiger partial charge is 0.394 e. The molecule has 4 N–H and O–H groups in total. The van der Waals surface area contributed by atoms with E-state index in [0.717, 1.165) is 12.8 Å². The van der Waals surface area contributed by atoms with E-state index in [1.54, 1.807) is 13.8 Å². The number of hydrogen-bond acceptors (Lipinski definition) is 6. The van der Waals surface area contributed by atoms with Crippen LogP contribution in [0.15, 0.2) is 0 Å². The molecule has 7 nitrogen and oxygen atoms in total. The highest BCUT2D eigenvalue weighted by molar-refractivity contribution is 5.80. The number of hydrogen-bond donors (Lipinski definition) is 4. The number of aliphatic hydroxyl groups excluding tert-OH is 3. The molecule has 1 aliphatic heterocycles. The number of aliphatic hydroxyl groups is 3. The molecule has 1 amide bonds. The number of amides is 1. The molecule has 0 aliphatic carbocycles. The molecule has 124 valence electrons. The summed E-state index contributed by atoms with van der Waals surface area (Å²) in [6.07, 6.45) is -2.83. The second-order valence-electron chi connectivity index (χ2n) is 5.48. The molecule has 6 atom stereocenters. The zero-order chi connectivity index (χ0) is 16.0. The molecule has 1 heterocycles. The third-order valence-corrected chi connectivity index (χ3v) is 3.74. The highest BCUT2D eigenvalue weighted by Crippen LogP contribution is 2.27. The van der Waals surface area contributed by atoms with Crippen molar-refractivity contribution in [3.8, 4) is 0 Å². The van der Waals surface area contributed by atoms with Crippen LogP contribution in [-0.2, 0) is 14.3 Å². The molecule has 1 saturated heterocycles. The first kappa shape index (κ1) is 18.3. The van der Waals surface area contributed by atoms with Gasteiger partial charge in [0, 0.05) is 12.5 Å². The van der Waals surface area contributed by atoms with Crippen LogP contribution in [0.4, 0.5) is 0 Å². The molecular formula is C14H27NO6. The lowest BCUT2D eigenvalue weighted by Crippen LogP contribution is -2.57. The number of ether oxygens (including phenoxy) is 2. The molecule has 0 bridgehead atoms. The van der Waals surface area contributed by atoms with Crippen LogP contribution in [0.3, 0.4) is 0 Å². The van der Waals surface area contributed by atoms with Gasteiger partial charge in [0.05, 0.1) is 12.7 Å². The van der Waals surface area contributed by atoms with Gasteiger partial charge < -0.3 is 30.1 Å². The lowest BCUT2D eigenvalue weighted by atomic mass is 9.92. The number of carbonyl (C=O) groups is 1. The number of unbranched alkanes of at least 4 members (excludes halogenated alkanes) is 1. The van der Waals surface area contributed by atoms with Gasteiger partial charge in [-0.3, -0.25) is 4.79 Å². The fraction of sp³-hybridized carbons (Fsp3) is 0.929. The van der Waals surface area contributed by atoms with Gasteiger partial charge >= 0.3 is 0 Å². The van der Waals surface area contributed by atoms with Crippen LogP contribution in [0, 0.1) is 5.92 Å². The Kier molecular flexibility index (Phi) is 7.55. The first-order chi connectivity index (χ1) is 9.92. The topological polar surface area (TPSA) is 108 Å². The number of carbonyl (C=O) groups excluding carboxylic acids is 1. The standard InChI is InChI=1S/C14H27NO6/c1-4-5-6-15-13(18)9(3)20-12-8(2)14(19)21-10(7-16)11(12)17/h8-12,14,16-17,19H,4-7H2,1-3H3,(H,15,18)/t8-,9+,10?,11?,12+,14?/m0/s1. The summed E-state index contributed by atoms with van der Waals surface area (Å²) in [5, 5.41) is 31.8. The third kappa shape index (κ3) is 4.89. The number of rotatable bonds is 7. The van der Waals surface area contributed by atoms with Crippen molar-refractivity contribution in [2.45, 2.75) is 64.3 Å². The van der Waals surface area contributed by atoms with Crippen LogP contribution in [-0.4, -0.2) is 65.1 Å². The van der Waals surface area contributed by atoms with E-state index in [1.807, 2.05) is 6.92 Å². The average molecular weight is 305 g/mol. The van der Waals surface area contributed by atoms with Crippen LogP contribution >= 0.6 is 0 Å². The van der Waals surface area contributed by atoms with Gasteiger partial charge in [0.2, 0.25) is 5.91 Å². The molecule has 0 spiro atoms. The first-order valence-corrected chi connectivity index (χ1v) is 7.48. The maximum atomic E-state index is 11.9. The Morgan fingerprint density at radius 3 is 2.67 bits per heavy atom. The smallest absolute Gasteiger partial charge is 0.248 e. The van der Waals surface area contributed by atoms with Gasteiger partial charge in [-0.1, -0.05) is 20.3 Å². The highest BCUT2D eigenvalue weighted by atomic mass is 16.6. The van der Waals surface area contributed by atoms with Gasteiger partial charge in [-0.2, -0.15) is 0 Å². The minimum absolute atomic E-state index is 0.260. The Labute approximate surface area is 125 Å². The molecule has 1 rings (SSSR count). The second kappa shape index (κ2) is 8.65. The van der Waals surface area contributed by atoms with Gasteiger partial charge in [-0.25, -0.2) is 0 Å². The molecule has 0 aromatic heterocycles. The van der Waals surface area contributed by atoms with Crippen LogP contribution < -0.4 is 5.32 Å². The van der Waals surface area contributed by atoms with Crippen molar-refractivity contribution in [3.63, 3.8) is 0 Å². The first-order valence-electron chi connectivity index (χ1n) is 7.48.